The molecule has 0 atom stereocenters. The molecule has 0 aliphatic rings. The molecule has 3 N–H and O–H groups in total. The van der Waals surface area contributed by atoms with Gasteiger partial charge in [0.05, 0.1) is 25.9 Å². The summed E-state index contributed by atoms with van der Waals surface area (Å²) < 4.78 is 0. The summed E-state index contributed by atoms with van der Waals surface area (Å²) in [6.45, 7) is 18.4. The molecule has 0 amide bonds. The molecule has 0 saturated carbocycles. The van der Waals surface area contributed by atoms with Crippen LogP contribution >= 0.6 is 0 Å². The number of aliphatic hydroxyl groups excluding tert-OH is 3. The van der Waals surface area contributed by atoms with Crippen molar-refractivity contribution in [2.75, 3.05) is 78.5 Å². The molecule has 0 saturated heterocycles. The summed E-state index contributed by atoms with van der Waals surface area (Å²) >= 11 is 0. The van der Waals surface area contributed by atoms with Gasteiger partial charge in [0.15, 0.2) is 0 Å². The molecule has 0 radical (unpaired) electrons. The molecule has 1 aromatic carbocycles. The van der Waals surface area contributed by atoms with Crippen LogP contribution in [0.15, 0.2) is 79.5 Å². The number of nitrogens with zero attached hydrogens (tertiary/aromatic N) is 9. The topological polar surface area (TPSA) is 138 Å². The van der Waals surface area contributed by atoms with Crippen molar-refractivity contribution < 1.29 is 15.3 Å². The van der Waals surface area contributed by atoms with Crippen LogP contribution in [0, 0.1) is 17.8 Å². The van der Waals surface area contributed by atoms with Crippen LogP contribution in [0.25, 0.3) is 11.3 Å². The maximum Gasteiger partial charge on any atom is 0.130 e. The molecule has 0 spiro atoms. The summed E-state index contributed by atoms with van der Waals surface area (Å²) in [5.41, 5.74) is 4.41. The number of rotatable bonds is 20. The number of benzene rings is 1. The normalized spacial score (nSPS) is 11.3. The predicted octanol–water partition coefficient (Wildman–Crippen LogP) is 5.12. The minimum Gasteiger partial charge on any atom is -0.381 e. The Morgan fingerprint density at radius 1 is 0.556 bits per heavy atom. The van der Waals surface area contributed by atoms with Gasteiger partial charge in [-0.15, -0.1) is 0 Å². The molecule has 3 heterocycles. The summed E-state index contributed by atoms with van der Waals surface area (Å²) in [6.07, 6.45) is 11.3. The second-order valence-electron chi connectivity index (χ2n) is 14.9. The molecule has 0 fully saturated rings. The first-order chi connectivity index (χ1) is 25.9. The zero-order valence-electron chi connectivity index (χ0n) is 34.1. The molecule has 4 aromatic rings. The lowest BCUT2D eigenvalue weighted by atomic mass is 10.1. The Morgan fingerprint density at radius 3 is 1.52 bits per heavy atom. The van der Waals surface area contributed by atoms with Gasteiger partial charge in [0.25, 0.3) is 0 Å². The molecule has 3 aromatic heterocycles. The number of aromatic nitrogens is 5. The smallest absolute Gasteiger partial charge is 0.130 e. The van der Waals surface area contributed by atoms with Gasteiger partial charge in [0, 0.05) is 108 Å². The summed E-state index contributed by atoms with van der Waals surface area (Å²) in [5.74, 6) is 3.31. The van der Waals surface area contributed by atoms with Crippen LogP contribution in [0.3, 0.4) is 0 Å². The Morgan fingerprint density at radius 2 is 1.06 bits per heavy atom. The van der Waals surface area contributed by atoms with E-state index >= 15 is 0 Å². The average molecular weight is 746 g/mol. The van der Waals surface area contributed by atoms with Crippen LogP contribution in [-0.4, -0.2) is 128 Å². The van der Waals surface area contributed by atoms with Crippen LogP contribution in [0.2, 0.25) is 0 Å². The van der Waals surface area contributed by atoms with Crippen molar-refractivity contribution in [3.8, 4) is 11.3 Å². The van der Waals surface area contributed by atoms with Gasteiger partial charge in [-0.25, -0.2) is 19.9 Å². The maximum atomic E-state index is 9.36. The van der Waals surface area contributed by atoms with Crippen LogP contribution in [0.5, 0.6) is 0 Å². The summed E-state index contributed by atoms with van der Waals surface area (Å²) in [6, 6.07) is 16.2. The van der Waals surface area contributed by atoms with Gasteiger partial charge in [-0.1, -0.05) is 53.7 Å². The molecule has 0 aliphatic heterocycles. The average Bonchev–Trinajstić information content (AvgIpc) is 3.17. The van der Waals surface area contributed by atoms with Crippen LogP contribution < -0.4 is 4.90 Å². The van der Waals surface area contributed by atoms with E-state index in [-0.39, 0.29) is 20.2 Å². The molecule has 54 heavy (non-hydrogen) atoms. The summed E-state index contributed by atoms with van der Waals surface area (Å²) in [5, 5.41) is 27.8. The predicted molar refractivity (Wildman–Crippen MR) is 220 cm³/mol. The van der Waals surface area contributed by atoms with Gasteiger partial charge < -0.3 is 20.2 Å². The van der Waals surface area contributed by atoms with Gasteiger partial charge in [-0.2, -0.15) is 0 Å². The van der Waals surface area contributed by atoms with Crippen LogP contribution in [0.4, 0.5) is 5.69 Å². The number of hydrogen-bond donors (Lipinski definition) is 3. The molecule has 0 unspecified atom stereocenters. The molecule has 12 heteroatoms. The third-order valence-corrected chi connectivity index (χ3v) is 8.22. The Hall–Kier alpha value is -3.91. The van der Waals surface area contributed by atoms with Crippen LogP contribution in [0.1, 0.15) is 58.8 Å². The van der Waals surface area contributed by atoms with E-state index in [0.29, 0.717) is 17.8 Å². The lowest BCUT2D eigenvalue weighted by Gasteiger charge is -2.21. The fourth-order valence-electron chi connectivity index (χ4n) is 5.63. The monoisotopic (exact) mass is 746 g/mol. The van der Waals surface area contributed by atoms with E-state index in [1.54, 1.807) is 37.1 Å². The largest absolute Gasteiger partial charge is 0.381 e. The zero-order valence-corrected chi connectivity index (χ0v) is 34.1. The SMILES string of the molecule is CC(C)CN(CO)CCc1ccc(N(C)C)cc1.CC(C)CN(CO)CCc1nccc(-c2cccnc2)n1.CC(C)CN(CO)CCc1ncccn1. The number of pyridine rings is 1. The standard InChI is InChI=1S/C16H22N4O.C15H26N2O.C11H19N3O/c1-13(2)11-20(12-21)9-6-16-18-8-5-15(19-16)14-4-3-7-17-10-14;1-13(2)11-17(12-18)10-9-14-5-7-15(8-6-14)16(3)4;1-10(2)8-14(9-15)7-4-11-12-5-3-6-13-11/h3-5,7-8,10,13,21H,6,9,11-12H2,1-2H3;5-8,13,18H,9-12H2,1-4H3;3,5-6,10,15H,4,7-9H2,1-2H3. The number of anilines is 1. The molecule has 12 nitrogen and oxygen atoms in total. The first kappa shape index (κ1) is 46.2. The maximum absolute atomic E-state index is 9.36. The van der Waals surface area contributed by atoms with Gasteiger partial charge in [0.1, 0.15) is 11.6 Å². The first-order valence-electron chi connectivity index (χ1n) is 19.2. The van der Waals surface area contributed by atoms with Crippen LogP contribution in [-0.2, 0) is 19.3 Å². The lowest BCUT2D eigenvalue weighted by Crippen LogP contribution is -2.31. The summed E-state index contributed by atoms with van der Waals surface area (Å²) in [4.78, 5) is 29.5. The molecule has 4 rings (SSSR count). The minimum atomic E-state index is 0.0699. The fourth-order valence-corrected chi connectivity index (χ4v) is 5.63. The van der Waals surface area contributed by atoms with E-state index in [1.165, 1.54) is 11.3 Å². The molecule has 298 valence electrons. The Kier molecular flexibility index (Phi) is 22.9. The summed E-state index contributed by atoms with van der Waals surface area (Å²) in [7, 11) is 4.09. The van der Waals surface area contributed by atoms with E-state index in [9.17, 15) is 10.2 Å². The number of aliphatic hydroxyl groups is 3. The Labute approximate surface area is 325 Å². The van der Waals surface area contributed by atoms with Crippen molar-refractivity contribution in [3.05, 3.63) is 96.7 Å². The van der Waals surface area contributed by atoms with Gasteiger partial charge in [-0.3, -0.25) is 19.7 Å². The highest BCUT2D eigenvalue weighted by Gasteiger charge is 2.10. The lowest BCUT2D eigenvalue weighted by molar-refractivity contribution is 0.0966. The van der Waals surface area contributed by atoms with Crippen molar-refractivity contribution in [3.63, 3.8) is 0 Å². The van der Waals surface area contributed by atoms with E-state index in [2.05, 4.69) is 101 Å². The second kappa shape index (κ2) is 26.8. The van der Waals surface area contributed by atoms with E-state index in [0.717, 1.165) is 81.4 Å². The second-order valence-corrected chi connectivity index (χ2v) is 14.9. The van der Waals surface area contributed by atoms with Crippen molar-refractivity contribution in [1.29, 1.82) is 0 Å². The van der Waals surface area contributed by atoms with Crippen molar-refractivity contribution in [2.45, 2.75) is 60.8 Å². The highest BCUT2D eigenvalue weighted by atomic mass is 16.3. The Balaban J connectivity index is 0.000000284. The quantitative estimate of drug-likeness (QED) is 0.104. The highest BCUT2D eigenvalue weighted by molar-refractivity contribution is 5.56. The molecule has 0 bridgehead atoms. The van der Waals surface area contributed by atoms with Gasteiger partial charge in [-0.05, 0) is 66.1 Å². The van der Waals surface area contributed by atoms with Gasteiger partial charge in [0.2, 0.25) is 0 Å². The molecule has 0 aliphatic carbocycles. The first-order valence-corrected chi connectivity index (χ1v) is 19.2. The molecular formula is C42H67N9O3. The number of hydrogen-bond acceptors (Lipinski definition) is 12. The third-order valence-electron chi connectivity index (χ3n) is 8.22. The van der Waals surface area contributed by atoms with E-state index < -0.39 is 0 Å². The van der Waals surface area contributed by atoms with Crippen molar-refractivity contribution in [1.82, 2.24) is 39.6 Å². The van der Waals surface area contributed by atoms with Gasteiger partial charge >= 0.3 is 0 Å². The van der Waals surface area contributed by atoms with E-state index in [4.69, 9.17) is 5.11 Å². The van der Waals surface area contributed by atoms with Crippen molar-refractivity contribution in [2.24, 2.45) is 17.8 Å². The minimum absolute atomic E-state index is 0.0699. The third kappa shape index (κ3) is 20.0. The zero-order chi connectivity index (χ0) is 39.7. The molecular weight excluding hydrogens is 679 g/mol. The van der Waals surface area contributed by atoms with E-state index in [1.807, 2.05) is 42.1 Å². The fraction of sp³-hybridized carbons (Fsp3) is 0.548. The van der Waals surface area contributed by atoms with Crippen molar-refractivity contribution >= 4 is 5.69 Å². The highest BCUT2D eigenvalue weighted by Crippen LogP contribution is 2.15. The Bertz CT molecular complexity index is 1490.